The van der Waals surface area contributed by atoms with Crippen molar-refractivity contribution in [3.63, 3.8) is 0 Å². The van der Waals surface area contributed by atoms with E-state index >= 15 is 0 Å². The molecule has 2 aliphatic heterocycles. The minimum absolute atomic E-state index is 0.131. The fraction of sp³-hybridized carbons (Fsp3) is 0.240. The molecule has 2 unspecified atom stereocenters. The first-order chi connectivity index (χ1) is 15.6. The van der Waals surface area contributed by atoms with Crippen LogP contribution in [0.15, 0.2) is 65.8 Å². The molecule has 7 heteroatoms. The summed E-state index contributed by atoms with van der Waals surface area (Å²) in [5, 5.41) is 6.67. The standard InChI is InChI=1S/C25H22F2N2O3/c1-3-31-17-10-7-15(8-11-17)21-14-22-18-5-4-6-23(30-2)24(18)32-25(29(22)28-21)16-9-12-19(26)20(27)13-16/h4-13,22,25H,3,14H2,1-2H3. The second-order valence-corrected chi connectivity index (χ2v) is 7.63. The Morgan fingerprint density at radius 3 is 2.59 bits per heavy atom. The minimum atomic E-state index is -0.927. The molecule has 0 amide bonds. The highest BCUT2D eigenvalue weighted by Gasteiger charge is 2.42. The Kier molecular flexibility index (Phi) is 5.17. The van der Waals surface area contributed by atoms with Gasteiger partial charge in [-0.15, -0.1) is 0 Å². The van der Waals surface area contributed by atoms with Gasteiger partial charge in [-0.05, 0) is 55.0 Å². The quantitative estimate of drug-likeness (QED) is 0.521. The summed E-state index contributed by atoms with van der Waals surface area (Å²) in [7, 11) is 1.58. The van der Waals surface area contributed by atoms with E-state index in [1.54, 1.807) is 7.11 Å². The van der Waals surface area contributed by atoms with E-state index in [1.165, 1.54) is 6.07 Å². The van der Waals surface area contributed by atoms with Crippen molar-refractivity contribution in [2.24, 2.45) is 5.10 Å². The summed E-state index contributed by atoms with van der Waals surface area (Å²) < 4.78 is 44.9. The van der Waals surface area contributed by atoms with E-state index in [2.05, 4.69) is 0 Å². The maximum Gasteiger partial charge on any atom is 0.214 e. The van der Waals surface area contributed by atoms with Gasteiger partial charge in [0, 0.05) is 17.5 Å². The van der Waals surface area contributed by atoms with Gasteiger partial charge < -0.3 is 14.2 Å². The van der Waals surface area contributed by atoms with Crippen molar-refractivity contribution in [1.82, 2.24) is 5.01 Å². The van der Waals surface area contributed by atoms with Crippen molar-refractivity contribution < 1.29 is 23.0 Å². The van der Waals surface area contributed by atoms with Gasteiger partial charge in [0.2, 0.25) is 6.23 Å². The van der Waals surface area contributed by atoms with Crippen LogP contribution in [0, 0.1) is 11.6 Å². The zero-order chi connectivity index (χ0) is 22.2. The molecule has 32 heavy (non-hydrogen) atoms. The van der Waals surface area contributed by atoms with Crippen LogP contribution in [0.3, 0.4) is 0 Å². The molecule has 0 saturated heterocycles. The molecular formula is C25H22F2N2O3. The van der Waals surface area contributed by atoms with Crippen LogP contribution in [0.4, 0.5) is 8.78 Å². The van der Waals surface area contributed by atoms with E-state index < -0.39 is 17.9 Å². The number of rotatable bonds is 5. The van der Waals surface area contributed by atoms with Crippen molar-refractivity contribution in [3.05, 3.63) is 89.0 Å². The summed E-state index contributed by atoms with van der Waals surface area (Å²) in [6.07, 6.45) is -0.0865. The van der Waals surface area contributed by atoms with Gasteiger partial charge in [0.15, 0.2) is 23.1 Å². The molecule has 2 atom stereocenters. The summed E-state index contributed by atoms with van der Waals surface area (Å²) in [5.41, 5.74) is 3.26. The molecule has 0 spiro atoms. The summed E-state index contributed by atoms with van der Waals surface area (Å²) in [6.45, 7) is 2.54. The average Bonchev–Trinajstić information content (AvgIpc) is 3.26. The normalized spacial score (nSPS) is 19.0. The van der Waals surface area contributed by atoms with Crippen LogP contribution in [0.25, 0.3) is 0 Å². The van der Waals surface area contributed by atoms with Crippen LogP contribution < -0.4 is 14.2 Å². The van der Waals surface area contributed by atoms with E-state index in [1.807, 2.05) is 54.4 Å². The Labute approximate surface area is 184 Å². The molecule has 5 rings (SSSR count). The molecule has 0 aliphatic carbocycles. The highest BCUT2D eigenvalue weighted by Crippen LogP contribution is 2.50. The van der Waals surface area contributed by atoms with Crippen molar-refractivity contribution in [2.45, 2.75) is 25.6 Å². The van der Waals surface area contributed by atoms with Gasteiger partial charge in [-0.2, -0.15) is 5.10 Å². The van der Waals surface area contributed by atoms with Crippen LogP contribution in [0.2, 0.25) is 0 Å². The molecule has 2 aliphatic rings. The lowest BCUT2D eigenvalue weighted by Crippen LogP contribution is -2.34. The number of hydrogen-bond donors (Lipinski definition) is 0. The predicted octanol–water partition coefficient (Wildman–Crippen LogP) is 5.61. The number of ether oxygens (including phenoxy) is 3. The van der Waals surface area contributed by atoms with Crippen LogP contribution in [0.5, 0.6) is 17.2 Å². The van der Waals surface area contributed by atoms with Crippen molar-refractivity contribution >= 4 is 5.71 Å². The van der Waals surface area contributed by atoms with Crippen LogP contribution in [-0.2, 0) is 0 Å². The molecular weight excluding hydrogens is 414 g/mol. The second-order valence-electron chi connectivity index (χ2n) is 7.63. The van der Waals surface area contributed by atoms with Crippen molar-refractivity contribution in [1.29, 1.82) is 0 Å². The van der Waals surface area contributed by atoms with Gasteiger partial charge in [-0.3, -0.25) is 0 Å². The summed E-state index contributed by atoms with van der Waals surface area (Å²) in [4.78, 5) is 0. The van der Waals surface area contributed by atoms with E-state index in [4.69, 9.17) is 19.3 Å². The topological polar surface area (TPSA) is 43.3 Å². The predicted molar refractivity (Wildman–Crippen MR) is 116 cm³/mol. The van der Waals surface area contributed by atoms with Crippen molar-refractivity contribution in [2.75, 3.05) is 13.7 Å². The summed E-state index contributed by atoms with van der Waals surface area (Å²) in [6, 6.07) is 17.1. The summed E-state index contributed by atoms with van der Waals surface area (Å²) in [5.74, 6) is 0.145. The summed E-state index contributed by atoms with van der Waals surface area (Å²) >= 11 is 0. The molecule has 0 bridgehead atoms. The Morgan fingerprint density at radius 2 is 1.88 bits per heavy atom. The van der Waals surface area contributed by atoms with E-state index in [0.29, 0.717) is 30.1 Å². The zero-order valence-electron chi connectivity index (χ0n) is 17.7. The lowest BCUT2D eigenvalue weighted by Gasteiger charge is -2.38. The van der Waals surface area contributed by atoms with Gasteiger partial charge in [-0.1, -0.05) is 18.2 Å². The van der Waals surface area contributed by atoms with E-state index in [0.717, 1.165) is 34.7 Å². The van der Waals surface area contributed by atoms with Gasteiger partial charge in [-0.25, -0.2) is 13.8 Å². The number of para-hydroxylation sites is 1. The molecule has 0 fully saturated rings. The molecule has 3 aromatic rings. The first-order valence-corrected chi connectivity index (χ1v) is 10.5. The third-order valence-electron chi connectivity index (χ3n) is 5.73. The average molecular weight is 436 g/mol. The minimum Gasteiger partial charge on any atom is -0.494 e. The highest BCUT2D eigenvalue weighted by atomic mass is 19.2. The molecule has 3 aromatic carbocycles. The van der Waals surface area contributed by atoms with E-state index in [-0.39, 0.29) is 6.04 Å². The maximum absolute atomic E-state index is 14.0. The first kappa shape index (κ1) is 20.3. The smallest absolute Gasteiger partial charge is 0.214 e. The number of nitrogens with zero attached hydrogens (tertiary/aromatic N) is 2. The number of fused-ring (bicyclic) bond motifs is 3. The third-order valence-corrected chi connectivity index (χ3v) is 5.73. The largest absolute Gasteiger partial charge is 0.494 e. The Bertz CT molecular complexity index is 1180. The number of halogens is 2. The van der Waals surface area contributed by atoms with E-state index in [9.17, 15) is 8.78 Å². The molecule has 5 nitrogen and oxygen atoms in total. The SMILES string of the molecule is CCOc1ccc(C2=NN3C(C2)c2cccc(OC)c2OC3c2ccc(F)c(F)c2)cc1. The Hall–Kier alpha value is -3.61. The second kappa shape index (κ2) is 8.15. The fourth-order valence-electron chi connectivity index (χ4n) is 4.22. The molecule has 2 heterocycles. The van der Waals surface area contributed by atoms with Crippen LogP contribution >= 0.6 is 0 Å². The molecule has 164 valence electrons. The third kappa shape index (κ3) is 3.43. The van der Waals surface area contributed by atoms with Gasteiger partial charge in [0.05, 0.1) is 25.5 Å². The molecule has 0 radical (unpaired) electrons. The number of methoxy groups -OCH3 is 1. The number of hydrogen-bond acceptors (Lipinski definition) is 5. The van der Waals surface area contributed by atoms with Crippen LogP contribution in [0.1, 0.15) is 42.3 Å². The lowest BCUT2D eigenvalue weighted by atomic mass is 9.95. The van der Waals surface area contributed by atoms with Gasteiger partial charge in [0.25, 0.3) is 0 Å². The number of benzene rings is 3. The van der Waals surface area contributed by atoms with Crippen LogP contribution in [-0.4, -0.2) is 24.4 Å². The lowest BCUT2D eigenvalue weighted by molar-refractivity contribution is -0.0211. The Balaban J connectivity index is 1.57. The monoisotopic (exact) mass is 436 g/mol. The maximum atomic E-state index is 14.0. The fourth-order valence-corrected chi connectivity index (χ4v) is 4.22. The Morgan fingerprint density at radius 1 is 1.06 bits per heavy atom. The van der Waals surface area contributed by atoms with Gasteiger partial charge >= 0.3 is 0 Å². The zero-order valence-corrected chi connectivity index (χ0v) is 17.7. The number of hydrazone groups is 1. The molecule has 0 N–H and O–H groups in total. The highest BCUT2D eigenvalue weighted by molar-refractivity contribution is 6.02. The van der Waals surface area contributed by atoms with Gasteiger partial charge in [0.1, 0.15) is 5.75 Å². The molecule has 0 aromatic heterocycles. The van der Waals surface area contributed by atoms with Crippen molar-refractivity contribution in [3.8, 4) is 17.2 Å². The first-order valence-electron chi connectivity index (χ1n) is 10.5. The molecule has 0 saturated carbocycles.